The van der Waals surface area contributed by atoms with E-state index in [1.165, 1.54) is 10.4 Å². The van der Waals surface area contributed by atoms with Crippen LogP contribution in [0.1, 0.15) is 43.0 Å². The molecule has 2 heterocycles. The summed E-state index contributed by atoms with van der Waals surface area (Å²) in [7, 11) is 1.87. The molecule has 0 radical (unpaired) electrons. The van der Waals surface area contributed by atoms with Crippen LogP contribution in [0.15, 0.2) is 11.4 Å². The zero-order valence-corrected chi connectivity index (χ0v) is 14.9. The first-order chi connectivity index (χ1) is 11.2. The Bertz CT molecular complexity index is 530. The highest BCUT2D eigenvalue weighted by Crippen LogP contribution is 2.24. The molecule has 0 aliphatic carbocycles. The van der Waals surface area contributed by atoms with Gasteiger partial charge in [-0.15, -0.1) is 11.3 Å². The Morgan fingerprint density at radius 2 is 2.26 bits per heavy atom. The van der Waals surface area contributed by atoms with Gasteiger partial charge in [-0.1, -0.05) is 13.3 Å². The molecular weight excluding hydrogens is 310 g/mol. The molecule has 1 aliphatic rings. The van der Waals surface area contributed by atoms with Crippen molar-refractivity contribution in [1.29, 1.82) is 0 Å². The summed E-state index contributed by atoms with van der Waals surface area (Å²) in [6, 6.07) is 1.71. The Balaban J connectivity index is 1.91. The van der Waals surface area contributed by atoms with E-state index in [1.54, 1.807) is 11.3 Å². The number of thiophene rings is 1. The number of hydrogen-bond acceptors (Lipinski definition) is 4. The molecule has 0 aromatic carbocycles. The molecule has 2 amide bonds. The number of hydrogen-bond donors (Lipinski definition) is 2. The van der Waals surface area contributed by atoms with Crippen LogP contribution in [0.3, 0.4) is 0 Å². The van der Waals surface area contributed by atoms with Gasteiger partial charge in [0.25, 0.3) is 0 Å². The number of carbonyl (C=O) groups is 2. The molecule has 5 nitrogen and oxygen atoms in total. The molecule has 6 heteroatoms. The van der Waals surface area contributed by atoms with Crippen LogP contribution in [0.5, 0.6) is 0 Å². The lowest BCUT2D eigenvalue weighted by molar-refractivity contribution is -0.137. The second kappa shape index (κ2) is 9.03. The molecule has 23 heavy (non-hydrogen) atoms. The summed E-state index contributed by atoms with van der Waals surface area (Å²) >= 11 is 1.77. The minimum absolute atomic E-state index is 0.0275. The maximum Gasteiger partial charge on any atom is 0.245 e. The van der Waals surface area contributed by atoms with Crippen LogP contribution >= 0.6 is 11.3 Å². The third kappa shape index (κ3) is 5.04. The molecule has 1 aliphatic heterocycles. The molecular formula is C17H27N3O2S. The van der Waals surface area contributed by atoms with Crippen molar-refractivity contribution in [2.24, 2.45) is 0 Å². The van der Waals surface area contributed by atoms with E-state index in [1.807, 2.05) is 18.9 Å². The van der Waals surface area contributed by atoms with Gasteiger partial charge in [0.2, 0.25) is 11.8 Å². The molecule has 2 rings (SSSR count). The molecule has 0 saturated carbocycles. The predicted molar refractivity (Wildman–Crippen MR) is 93.4 cm³/mol. The molecule has 1 atom stereocenters. The molecule has 1 unspecified atom stereocenters. The lowest BCUT2D eigenvalue weighted by Crippen LogP contribution is -2.49. The van der Waals surface area contributed by atoms with Crippen molar-refractivity contribution in [2.45, 2.75) is 51.6 Å². The lowest BCUT2D eigenvalue weighted by atomic mass is 10.1. The molecule has 0 bridgehead atoms. The van der Waals surface area contributed by atoms with Crippen molar-refractivity contribution in [3.8, 4) is 0 Å². The summed E-state index contributed by atoms with van der Waals surface area (Å²) in [5.74, 6) is 0.0333. The summed E-state index contributed by atoms with van der Waals surface area (Å²) in [6.45, 7) is 4.28. The third-order valence-corrected chi connectivity index (χ3v) is 5.18. The number of nitrogens with one attached hydrogen (secondary N) is 2. The van der Waals surface area contributed by atoms with Crippen LogP contribution in [-0.4, -0.2) is 42.9 Å². The van der Waals surface area contributed by atoms with Crippen LogP contribution < -0.4 is 10.6 Å². The summed E-state index contributed by atoms with van der Waals surface area (Å²) in [5, 5.41) is 8.05. The molecule has 1 aromatic heterocycles. The first-order valence-corrected chi connectivity index (χ1v) is 9.31. The second-order valence-corrected chi connectivity index (χ2v) is 7.00. The minimum Gasteiger partial charge on any atom is -0.344 e. The maximum absolute atomic E-state index is 12.8. The number of carbonyl (C=O) groups excluding carboxylic acids is 2. The maximum atomic E-state index is 12.8. The normalized spacial score (nSPS) is 15.1. The summed E-state index contributed by atoms with van der Waals surface area (Å²) in [6.07, 6.45) is 3.75. The topological polar surface area (TPSA) is 61.4 Å². The van der Waals surface area contributed by atoms with Crippen molar-refractivity contribution in [3.05, 3.63) is 21.9 Å². The Labute approximate surface area is 142 Å². The Morgan fingerprint density at radius 3 is 3.00 bits per heavy atom. The van der Waals surface area contributed by atoms with Crippen molar-refractivity contribution in [2.75, 3.05) is 20.1 Å². The van der Waals surface area contributed by atoms with Gasteiger partial charge < -0.3 is 15.5 Å². The monoisotopic (exact) mass is 337 g/mol. The van der Waals surface area contributed by atoms with Crippen LogP contribution in [-0.2, 0) is 22.6 Å². The molecule has 0 saturated heterocycles. The fraction of sp³-hybridized carbons (Fsp3) is 0.647. The van der Waals surface area contributed by atoms with Crippen molar-refractivity contribution < 1.29 is 9.59 Å². The first kappa shape index (κ1) is 17.9. The fourth-order valence-electron chi connectivity index (χ4n) is 2.90. The largest absolute Gasteiger partial charge is 0.344 e. The standard InChI is InChI=1S/C17H27N3O2S/c1-3-5-14(19-16(21)6-4-9-18-2)17(22)20-10-7-15-13(12-20)8-11-23-15/h8,11,14,18H,3-7,9-10,12H2,1-2H3,(H,19,21). The van der Waals surface area contributed by atoms with E-state index in [0.29, 0.717) is 19.4 Å². The summed E-state index contributed by atoms with van der Waals surface area (Å²) in [5.41, 5.74) is 1.25. The average molecular weight is 337 g/mol. The molecule has 128 valence electrons. The van der Waals surface area contributed by atoms with Gasteiger partial charge in [-0.3, -0.25) is 9.59 Å². The van der Waals surface area contributed by atoms with Crippen LogP contribution in [0.2, 0.25) is 0 Å². The minimum atomic E-state index is -0.387. The zero-order chi connectivity index (χ0) is 16.7. The van der Waals surface area contributed by atoms with E-state index in [0.717, 1.165) is 32.4 Å². The third-order valence-electron chi connectivity index (χ3n) is 4.16. The van der Waals surface area contributed by atoms with Crippen molar-refractivity contribution >= 4 is 23.2 Å². The highest BCUT2D eigenvalue weighted by Gasteiger charge is 2.28. The van der Waals surface area contributed by atoms with Crippen LogP contribution in [0, 0.1) is 0 Å². The van der Waals surface area contributed by atoms with E-state index in [4.69, 9.17) is 0 Å². The summed E-state index contributed by atoms with van der Waals surface area (Å²) in [4.78, 5) is 28.1. The quantitative estimate of drug-likeness (QED) is 0.713. The van der Waals surface area contributed by atoms with E-state index in [9.17, 15) is 9.59 Å². The van der Waals surface area contributed by atoms with Crippen molar-refractivity contribution in [3.63, 3.8) is 0 Å². The predicted octanol–water partition coefficient (Wildman–Crippen LogP) is 1.92. The summed E-state index contributed by atoms with van der Waals surface area (Å²) < 4.78 is 0. The van der Waals surface area contributed by atoms with Crippen molar-refractivity contribution in [1.82, 2.24) is 15.5 Å². The first-order valence-electron chi connectivity index (χ1n) is 8.43. The molecule has 0 spiro atoms. The van der Waals surface area contributed by atoms with Gasteiger partial charge in [0.15, 0.2) is 0 Å². The van der Waals surface area contributed by atoms with Gasteiger partial charge in [-0.25, -0.2) is 0 Å². The molecule has 1 aromatic rings. The number of amides is 2. The van der Waals surface area contributed by atoms with Crippen LogP contribution in [0.4, 0.5) is 0 Å². The average Bonchev–Trinajstić information content (AvgIpc) is 3.01. The highest BCUT2D eigenvalue weighted by molar-refractivity contribution is 7.10. The Hall–Kier alpha value is -1.40. The van der Waals surface area contributed by atoms with E-state index in [-0.39, 0.29) is 17.9 Å². The zero-order valence-electron chi connectivity index (χ0n) is 14.1. The highest BCUT2D eigenvalue weighted by atomic mass is 32.1. The van der Waals surface area contributed by atoms with Gasteiger partial charge in [-0.2, -0.15) is 0 Å². The molecule has 0 fully saturated rings. The second-order valence-electron chi connectivity index (χ2n) is 5.99. The molecule has 2 N–H and O–H groups in total. The van der Waals surface area contributed by atoms with Gasteiger partial charge in [0.05, 0.1) is 0 Å². The number of fused-ring (bicyclic) bond motifs is 1. The smallest absolute Gasteiger partial charge is 0.245 e. The Morgan fingerprint density at radius 1 is 1.43 bits per heavy atom. The van der Waals surface area contributed by atoms with Gasteiger partial charge >= 0.3 is 0 Å². The fourth-order valence-corrected chi connectivity index (χ4v) is 3.78. The lowest BCUT2D eigenvalue weighted by Gasteiger charge is -2.31. The van der Waals surface area contributed by atoms with E-state index < -0.39 is 0 Å². The number of rotatable bonds is 8. The SMILES string of the molecule is CCCC(NC(=O)CCCNC)C(=O)N1CCc2sccc2C1. The van der Waals surface area contributed by atoms with Gasteiger partial charge in [0.1, 0.15) is 6.04 Å². The van der Waals surface area contributed by atoms with Crippen LogP contribution in [0.25, 0.3) is 0 Å². The van der Waals surface area contributed by atoms with E-state index >= 15 is 0 Å². The van der Waals surface area contributed by atoms with Gasteiger partial charge in [-0.05, 0) is 49.9 Å². The van der Waals surface area contributed by atoms with E-state index in [2.05, 4.69) is 22.1 Å². The van der Waals surface area contributed by atoms with Gasteiger partial charge in [0, 0.05) is 24.4 Å². The number of nitrogens with zero attached hydrogens (tertiary/aromatic N) is 1. The Kier molecular flexibility index (Phi) is 7.05.